The fourth-order valence-electron chi connectivity index (χ4n) is 1.14. The molecule has 0 spiro atoms. The summed E-state index contributed by atoms with van der Waals surface area (Å²) in [5.41, 5.74) is -2.04. The molecule has 0 aromatic heterocycles. The van der Waals surface area contributed by atoms with Gasteiger partial charge in [0.25, 0.3) is 6.43 Å². The van der Waals surface area contributed by atoms with Crippen LogP contribution >= 0.6 is 0 Å². The van der Waals surface area contributed by atoms with Gasteiger partial charge < -0.3 is 0 Å². The lowest BCUT2D eigenvalue weighted by Crippen LogP contribution is -2.06. The van der Waals surface area contributed by atoms with Gasteiger partial charge in [-0.05, 0) is 19.1 Å². The number of carbonyl (C=O) groups is 1. The van der Waals surface area contributed by atoms with Crippen molar-refractivity contribution in [3.8, 4) is 0 Å². The Hall–Kier alpha value is -1.39. The molecule has 0 saturated carbocycles. The molecule has 1 aromatic rings. The molecule has 0 aliphatic carbocycles. The maximum atomic E-state index is 12.9. The Morgan fingerprint density at radius 3 is 2.07 bits per heavy atom. The highest BCUT2D eigenvalue weighted by Gasteiger charge is 2.23. The van der Waals surface area contributed by atoms with Crippen molar-refractivity contribution in [1.82, 2.24) is 0 Å². The largest absolute Gasteiger partial charge is 0.294 e. The second kappa shape index (κ2) is 3.77. The van der Waals surface area contributed by atoms with Gasteiger partial charge in [0.1, 0.15) is 11.6 Å². The van der Waals surface area contributed by atoms with Crippen molar-refractivity contribution < 1.29 is 22.4 Å². The highest BCUT2D eigenvalue weighted by molar-refractivity contribution is 5.96. The number of benzene rings is 1. The summed E-state index contributed by atoms with van der Waals surface area (Å²) in [4.78, 5) is 10.8. The Balaban J connectivity index is 3.50. The third-order valence-corrected chi connectivity index (χ3v) is 1.71. The lowest BCUT2D eigenvalue weighted by Gasteiger charge is -2.07. The third-order valence-electron chi connectivity index (χ3n) is 1.71. The molecule has 5 heteroatoms. The molecular formula is C9H6F4O. The highest BCUT2D eigenvalue weighted by Crippen LogP contribution is 2.27. The van der Waals surface area contributed by atoms with E-state index in [1.54, 1.807) is 0 Å². The van der Waals surface area contributed by atoms with Gasteiger partial charge in [0.15, 0.2) is 5.78 Å². The van der Waals surface area contributed by atoms with Crippen LogP contribution in [-0.2, 0) is 0 Å². The first-order valence-corrected chi connectivity index (χ1v) is 3.72. The van der Waals surface area contributed by atoms with Crippen LogP contribution in [0.3, 0.4) is 0 Å². The molecule has 76 valence electrons. The van der Waals surface area contributed by atoms with Crippen molar-refractivity contribution in [2.45, 2.75) is 13.3 Å². The molecule has 1 rings (SSSR count). The molecule has 1 nitrogen and oxygen atoms in total. The van der Waals surface area contributed by atoms with Crippen molar-refractivity contribution in [3.63, 3.8) is 0 Å². The second-order valence-corrected chi connectivity index (χ2v) is 2.67. The first kappa shape index (κ1) is 10.7. The zero-order chi connectivity index (χ0) is 10.9. The van der Waals surface area contributed by atoms with E-state index in [4.69, 9.17) is 0 Å². The van der Waals surface area contributed by atoms with Crippen LogP contribution in [-0.4, -0.2) is 5.78 Å². The monoisotopic (exact) mass is 206 g/mol. The standard InChI is InChI=1S/C9H6F4O/c1-4(14)7-5(10)2-3-6(11)8(7)9(12)13/h2-3,9H,1H3. The Morgan fingerprint density at radius 2 is 1.71 bits per heavy atom. The van der Waals surface area contributed by atoms with Gasteiger partial charge in [0.2, 0.25) is 0 Å². The molecule has 0 aliphatic heterocycles. The fourth-order valence-corrected chi connectivity index (χ4v) is 1.14. The summed E-state index contributed by atoms with van der Waals surface area (Å²) in [7, 11) is 0. The van der Waals surface area contributed by atoms with E-state index in [0.29, 0.717) is 12.1 Å². The van der Waals surface area contributed by atoms with Crippen LogP contribution < -0.4 is 0 Å². The van der Waals surface area contributed by atoms with E-state index in [1.807, 2.05) is 0 Å². The molecule has 0 bridgehead atoms. The van der Waals surface area contributed by atoms with E-state index in [1.165, 1.54) is 0 Å². The van der Waals surface area contributed by atoms with E-state index >= 15 is 0 Å². The van der Waals surface area contributed by atoms with Crippen LogP contribution in [0.4, 0.5) is 17.6 Å². The van der Waals surface area contributed by atoms with E-state index in [2.05, 4.69) is 0 Å². The normalized spacial score (nSPS) is 10.7. The third kappa shape index (κ3) is 1.76. The molecule has 1 aromatic carbocycles. The number of ketones is 1. The summed E-state index contributed by atoms with van der Waals surface area (Å²) in [6, 6.07) is 1.22. The molecule has 0 saturated heterocycles. The van der Waals surface area contributed by atoms with Gasteiger partial charge in [-0.25, -0.2) is 17.6 Å². The topological polar surface area (TPSA) is 17.1 Å². The van der Waals surface area contributed by atoms with Gasteiger partial charge in [-0.1, -0.05) is 0 Å². The number of Topliss-reactive ketones (excluding diaryl/α,β-unsaturated/α-hetero) is 1. The Kier molecular flexibility index (Phi) is 2.88. The SMILES string of the molecule is CC(=O)c1c(F)ccc(F)c1C(F)F. The van der Waals surface area contributed by atoms with E-state index < -0.39 is 35.0 Å². The van der Waals surface area contributed by atoms with Crippen LogP contribution in [0.5, 0.6) is 0 Å². The highest BCUT2D eigenvalue weighted by atomic mass is 19.3. The molecule has 0 radical (unpaired) electrons. The lowest BCUT2D eigenvalue weighted by atomic mass is 10.0. The van der Waals surface area contributed by atoms with E-state index in [0.717, 1.165) is 6.92 Å². The smallest absolute Gasteiger partial charge is 0.267 e. The summed E-state index contributed by atoms with van der Waals surface area (Å²) in [5.74, 6) is -3.32. The Morgan fingerprint density at radius 1 is 1.21 bits per heavy atom. The number of hydrogen-bond donors (Lipinski definition) is 0. The van der Waals surface area contributed by atoms with Crippen molar-refractivity contribution in [2.75, 3.05) is 0 Å². The molecular weight excluding hydrogens is 200 g/mol. The summed E-state index contributed by atoms with van der Waals surface area (Å²) < 4.78 is 50.3. The number of hydrogen-bond acceptors (Lipinski definition) is 1. The van der Waals surface area contributed by atoms with Crippen molar-refractivity contribution in [2.24, 2.45) is 0 Å². The van der Waals surface area contributed by atoms with Gasteiger partial charge in [0.05, 0.1) is 11.1 Å². The first-order valence-electron chi connectivity index (χ1n) is 3.72. The number of rotatable bonds is 2. The average molecular weight is 206 g/mol. The second-order valence-electron chi connectivity index (χ2n) is 2.67. The maximum Gasteiger partial charge on any atom is 0.267 e. The van der Waals surface area contributed by atoms with Gasteiger partial charge in [-0.15, -0.1) is 0 Å². The van der Waals surface area contributed by atoms with Crippen LogP contribution in [0.2, 0.25) is 0 Å². The number of halogens is 4. The molecule has 0 N–H and O–H groups in total. The fraction of sp³-hybridized carbons (Fsp3) is 0.222. The van der Waals surface area contributed by atoms with Crippen molar-refractivity contribution >= 4 is 5.78 Å². The molecule has 0 unspecified atom stereocenters. The molecule has 0 amide bonds. The zero-order valence-electron chi connectivity index (χ0n) is 7.15. The zero-order valence-corrected chi connectivity index (χ0v) is 7.15. The van der Waals surface area contributed by atoms with Crippen LogP contribution in [0.1, 0.15) is 29.3 Å². The quantitative estimate of drug-likeness (QED) is 0.536. The van der Waals surface area contributed by atoms with Gasteiger partial charge in [-0.3, -0.25) is 4.79 Å². The van der Waals surface area contributed by atoms with Gasteiger partial charge >= 0.3 is 0 Å². The van der Waals surface area contributed by atoms with Crippen LogP contribution in [0, 0.1) is 11.6 Å². The average Bonchev–Trinajstić information content (AvgIpc) is 2.07. The van der Waals surface area contributed by atoms with E-state index in [9.17, 15) is 22.4 Å². The maximum absolute atomic E-state index is 12.9. The minimum atomic E-state index is -3.20. The Bertz CT molecular complexity index is 373. The van der Waals surface area contributed by atoms with Gasteiger partial charge in [-0.2, -0.15) is 0 Å². The van der Waals surface area contributed by atoms with Crippen LogP contribution in [0.15, 0.2) is 12.1 Å². The van der Waals surface area contributed by atoms with Crippen LogP contribution in [0.25, 0.3) is 0 Å². The Labute approximate surface area is 77.3 Å². The summed E-state index contributed by atoms with van der Waals surface area (Å²) in [6.45, 7) is 0.906. The molecule has 0 aliphatic rings. The number of carbonyl (C=O) groups excluding carboxylic acids is 1. The van der Waals surface area contributed by atoms with Crippen molar-refractivity contribution in [3.05, 3.63) is 34.9 Å². The lowest BCUT2D eigenvalue weighted by molar-refractivity contribution is 0.0990. The minimum Gasteiger partial charge on any atom is -0.294 e. The summed E-state index contributed by atoms with van der Waals surface area (Å²) in [5, 5.41) is 0. The molecule has 14 heavy (non-hydrogen) atoms. The first-order chi connectivity index (χ1) is 6.45. The predicted molar refractivity (Wildman–Crippen MR) is 41.3 cm³/mol. The number of alkyl halides is 2. The minimum absolute atomic E-state index is 0.573. The van der Waals surface area contributed by atoms with Crippen molar-refractivity contribution in [1.29, 1.82) is 0 Å². The predicted octanol–water partition coefficient (Wildman–Crippen LogP) is 3.11. The summed E-state index contributed by atoms with van der Waals surface area (Å²) in [6.07, 6.45) is -3.20. The molecule has 0 heterocycles. The molecule has 0 atom stereocenters. The van der Waals surface area contributed by atoms with Gasteiger partial charge in [0, 0.05) is 0 Å². The summed E-state index contributed by atoms with van der Waals surface area (Å²) >= 11 is 0. The molecule has 0 fully saturated rings. The van der Waals surface area contributed by atoms with E-state index in [-0.39, 0.29) is 0 Å².